The molecule has 0 saturated carbocycles. The predicted molar refractivity (Wildman–Crippen MR) is 280 cm³/mol. The first-order valence-corrected chi connectivity index (χ1v) is 23.3. The smallest absolute Gasteiger partial charge is 0.256 e. The molecule has 0 aliphatic carbocycles. The van der Waals surface area contributed by atoms with Gasteiger partial charge in [0.1, 0.15) is 11.5 Å². The molecule has 0 saturated heterocycles. The first kappa shape index (κ1) is 38.2. The molecule has 3 heterocycles. The zero-order chi connectivity index (χ0) is 43.6. The topological polar surface area (TPSA) is 19.0 Å². The summed E-state index contributed by atoms with van der Waals surface area (Å²) in [6.07, 6.45) is 0. The Kier molecular flexibility index (Phi) is 9.10. The van der Waals surface area contributed by atoms with Crippen LogP contribution in [0.15, 0.2) is 243 Å². The summed E-state index contributed by atoms with van der Waals surface area (Å²) in [6, 6.07) is 87.4. The van der Waals surface area contributed by atoms with E-state index >= 15 is 0 Å². The zero-order valence-corrected chi connectivity index (χ0v) is 36.6. The lowest BCUT2D eigenvalue weighted by molar-refractivity contribution is 0.487. The Morgan fingerprint density at radius 1 is 0.364 bits per heavy atom. The summed E-state index contributed by atoms with van der Waals surface area (Å²) in [4.78, 5) is 7.13. The minimum Gasteiger partial charge on any atom is -0.458 e. The van der Waals surface area contributed by atoms with E-state index in [0.29, 0.717) is 0 Å². The summed E-state index contributed by atoms with van der Waals surface area (Å²) in [7, 11) is 0. The molecule has 4 nitrogen and oxygen atoms in total. The molecule has 0 fully saturated rings. The number of hydrogen-bond donors (Lipinski definition) is 0. The molecule has 2 aliphatic heterocycles. The average molecular weight is 862 g/mol. The van der Waals surface area contributed by atoms with Gasteiger partial charge in [-0.05, 0) is 131 Å². The van der Waals surface area contributed by atoms with Crippen LogP contribution in [0.5, 0.6) is 11.5 Å². The molecule has 6 heteroatoms. The Bertz CT molecular complexity index is 3540. The van der Waals surface area contributed by atoms with Gasteiger partial charge in [-0.1, -0.05) is 133 Å². The maximum Gasteiger partial charge on any atom is 0.256 e. The Labute approximate surface area is 388 Å². The van der Waals surface area contributed by atoms with Crippen molar-refractivity contribution in [1.29, 1.82) is 0 Å². The van der Waals surface area contributed by atoms with Gasteiger partial charge in [0, 0.05) is 77.4 Å². The molecule has 310 valence electrons. The third-order valence-corrected chi connectivity index (χ3v) is 14.2. The van der Waals surface area contributed by atoms with Gasteiger partial charge in [-0.25, -0.2) is 0 Å². The first-order chi connectivity index (χ1) is 32.7. The highest BCUT2D eigenvalue weighted by Crippen LogP contribution is 2.46. The highest BCUT2D eigenvalue weighted by atomic mass is 32.1. The Morgan fingerprint density at radius 3 is 1.65 bits per heavy atom. The van der Waals surface area contributed by atoms with Crippen molar-refractivity contribution in [3.8, 4) is 22.6 Å². The fourth-order valence-electron chi connectivity index (χ4n) is 10.1. The maximum atomic E-state index is 7.10. The van der Waals surface area contributed by atoms with Crippen molar-refractivity contribution >= 4 is 106 Å². The molecule has 1 aromatic heterocycles. The lowest BCUT2D eigenvalue weighted by Crippen LogP contribution is -2.59. The van der Waals surface area contributed by atoms with Crippen LogP contribution in [0.3, 0.4) is 0 Å². The molecule has 2 aliphatic rings. The maximum absolute atomic E-state index is 7.10. The van der Waals surface area contributed by atoms with Crippen LogP contribution in [-0.2, 0) is 0 Å². The van der Waals surface area contributed by atoms with Gasteiger partial charge in [0.25, 0.3) is 6.71 Å². The molecular weight excluding hydrogens is 822 g/mol. The number of benzene rings is 10. The van der Waals surface area contributed by atoms with Gasteiger partial charge in [0.2, 0.25) is 0 Å². The van der Waals surface area contributed by atoms with E-state index in [4.69, 9.17) is 4.74 Å². The van der Waals surface area contributed by atoms with Crippen molar-refractivity contribution in [2.24, 2.45) is 0 Å². The molecule has 0 spiro atoms. The minimum absolute atomic E-state index is 0.0629. The zero-order valence-electron chi connectivity index (χ0n) is 35.8. The van der Waals surface area contributed by atoms with Gasteiger partial charge in [-0.2, -0.15) is 0 Å². The van der Waals surface area contributed by atoms with Gasteiger partial charge < -0.3 is 19.4 Å². The monoisotopic (exact) mass is 861 g/mol. The molecule has 0 radical (unpaired) electrons. The molecule has 0 unspecified atom stereocenters. The summed E-state index contributed by atoms with van der Waals surface area (Å²) in [5.41, 5.74) is 15.7. The number of thiophene rings is 1. The summed E-state index contributed by atoms with van der Waals surface area (Å²) in [5.74, 6) is 1.73. The normalized spacial score (nSPS) is 12.3. The third-order valence-electron chi connectivity index (χ3n) is 13.1. The number of nitrogens with zero attached hydrogens (tertiary/aromatic N) is 3. The molecule has 10 aromatic carbocycles. The lowest BCUT2D eigenvalue weighted by atomic mass is 9.34. The number of anilines is 9. The van der Waals surface area contributed by atoms with Gasteiger partial charge in [-0.15, -0.1) is 11.3 Å². The standard InChI is InChI=1S/C60H40BN3OS/c1-5-16-41(17-6-1)42-28-30-46(31-29-42)63(47-34-37-59-51(38-47)50-24-13-14-27-58(50)66-59)49-33-36-53-57(40-49)65-56-26-15-25-54-60(56)61(53)52-35-32-48(39-55(52)64(54)45-22-11-4-12-23-45)62(43-18-7-2-8-19-43)44-20-9-3-10-21-44/h1-40H. The van der Waals surface area contributed by atoms with Crippen molar-refractivity contribution in [3.05, 3.63) is 243 Å². The summed E-state index contributed by atoms with van der Waals surface area (Å²) < 4.78 is 9.67. The van der Waals surface area contributed by atoms with Crippen LogP contribution in [0.1, 0.15) is 0 Å². The molecule has 0 bridgehead atoms. The quantitative estimate of drug-likeness (QED) is 0.142. The van der Waals surface area contributed by atoms with E-state index in [9.17, 15) is 0 Å². The van der Waals surface area contributed by atoms with Crippen LogP contribution in [0, 0.1) is 0 Å². The Balaban J connectivity index is 0.979. The molecular formula is C60H40BN3OS. The number of ether oxygens (including phenoxy) is 1. The lowest BCUT2D eigenvalue weighted by Gasteiger charge is -2.41. The van der Waals surface area contributed by atoms with Gasteiger partial charge >= 0.3 is 0 Å². The highest BCUT2D eigenvalue weighted by molar-refractivity contribution is 7.25. The summed E-state index contributed by atoms with van der Waals surface area (Å²) >= 11 is 1.84. The van der Waals surface area contributed by atoms with Crippen molar-refractivity contribution in [2.45, 2.75) is 0 Å². The van der Waals surface area contributed by atoms with Crippen molar-refractivity contribution in [3.63, 3.8) is 0 Å². The predicted octanol–water partition coefficient (Wildman–Crippen LogP) is 15.1. The van der Waals surface area contributed by atoms with Crippen LogP contribution in [0.4, 0.5) is 51.2 Å². The van der Waals surface area contributed by atoms with E-state index in [1.807, 2.05) is 11.3 Å². The molecule has 0 N–H and O–H groups in total. The molecule has 0 atom stereocenters. The molecule has 0 amide bonds. The fourth-order valence-corrected chi connectivity index (χ4v) is 11.2. The fraction of sp³-hybridized carbons (Fsp3) is 0. The number of fused-ring (bicyclic) bond motifs is 7. The van der Waals surface area contributed by atoms with E-state index in [-0.39, 0.29) is 6.71 Å². The van der Waals surface area contributed by atoms with Crippen LogP contribution in [-0.4, -0.2) is 6.71 Å². The molecule has 11 aromatic rings. The van der Waals surface area contributed by atoms with E-state index in [1.54, 1.807) is 0 Å². The third kappa shape index (κ3) is 6.37. The van der Waals surface area contributed by atoms with Crippen molar-refractivity contribution in [2.75, 3.05) is 14.7 Å². The van der Waals surface area contributed by atoms with Gasteiger partial charge in [-0.3, -0.25) is 0 Å². The van der Waals surface area contributed by atoms with E-state index in [0.717, 1.165) is 68.1 Å². The van der Waals surface area contributed by atoms with E-state index in [1.165, 1.54) is 42.2 Å². The van der Waals surface area contributed by atoms with Crippen LogP contribution in [0.2, 0.25) is 0 Å². The van der Waals surface area contributed by atoms with Gasteiger partial charge in [0.05, 0.1) is 0 Å². The largest absolute Gasteiger partial charge is 0.458 e. The van der Waals surface area contributed by atoms with E-state index < -0.39 is 0 Å². The minimum atomic E-state index is -0.0629. The second kappa shape index (κ2) is 15.7. The van der Waals surface area contributed by atoms with Gasteiger partial charge in [0.15, 0.2) is 0 Å². The number of rotatable bonds is 8. The van der Waals surface area contributed by atoms with E-state index in [2.05, 4.69) is 257 Å². The number of para-hydroxylation sites is 3. The molecule has 66 heavy (non-hydrogen) atoms. The molecule has 13 rings (SSSR count). The number of hydrogen-bond acceptors (Lipinski definition) is 5. The second-order valence-electron chi connectivity index (χ2n) is 16.9. The Hall–Kier alpha value is -8.32. The van der Waals surface area contributed by atoms with Crippen LogP contribution in [0.25, 0.3) is 31.3 Å². The highest BCUT2D eigenvalue weighted by Gasteiger charge is 2.42. The second-order valence-corrected chi connectivity index (χ2v) is 18.0. The summed E-state index contributed by atoms with van der Waals surface area (Å²) in [6.45, 7) is -0.0629. The van der Waals surface area contributed by atoms with Crippen molar-refractivity contribution in [1.82, 2.24) is 0 Å². The summed E-state index contributed by atoms with van der Waals surface area (Å²) in [5, 5.41) is 2.54. The SMILES string of the molecule is c1ccc(-c2ccc(N(c3ccc4c(c3)Oc3cccc5c3B4c3ccc(N(c4ccccc4)c4ccccc4)cc3N5c3ccccc3)c3ccc4sc5ccccc5c4c3)cc2)cc1. The Morgan fingerprint density at radius 2 is 0.909 bits per heavy atom. The van der Waals surface area contributed by atoms with Crippen LogP contribution >= 0.6 is 11.3 Å². The van der Waals surface area contributed by atoms with Crippen LogP contribution < -0.4 is 35.8 Å². The van der Waals surface area contributed by atoms with Crippen molar-refractivity contribution < 1.29 is 4.74 Å². The first-order valence-electron chi connectivity index (χ1n) is 22.4. The average Bonchev–Trinajstić information content (AvgIpc) is 3.76.